The fourth-order valence-corrected chi connectivity index (χ4v) is 4.44. The Kier molecular flexibility index (Phi) is 4.09. The Hall–Kier alpha value is -1.26. The van der Waals surface area contributed by atoms with E-state index in [-0.39, 0.29) is 0 Å². The van der Waals surface area contributed by atoms with Gasteiger partial charge in [0, 0.05) is 35.3 Å². The van der Waals surface area contributed by atoms with Gasteiger partial charge < -0.3 is 5.32 Å². The van der Waals surface area contributed by atoms with Crippen molar-refractivity contribution in [2.24, 2.45) is 7.05 Å². The fraction of sp³-hybridized carbons (Fsp3) is 0.471. The Morgan fingerprint density at radius 2 is 2.10 bits per heavy atom. The van der Waals surface area contributed by atoms with E-state index in [2.05, 4.69) is 55.5 Å². The van der Waals surface area contributed by atoms with Crippen LogP contribution in [0.3, 0.4) is 0 Å². The number of nitrogens with zero attached hydrogens (tertiary/aromatic N) is 2. The molecular formula is C17H23N3S. The van der Waals surface area contributed by atoms with Gasteiger partial charge in [0.15, 0.2) is 0 Å². The van der Waals surface area contributed by atoms with E-state index in [1.807, 2.05) is 23.5 Å². The Morgan fingerprint density at radius 3 is 2.81 bits per heavy atom. The second kappa shape index (κ2) is 5.85. The summed E-state index contributed by atoms with van der Waals surface area (Å²) in [4.78, 5) is 1.42. The van der Waals surface area contributed by atoms with E-state index in [9.17, 15) is 0 Å². The molecule has 112 valence electrons. The van der Waals surface area contributed by atoms with Crippen molar-refractivity contribution >= 4 is 11.8 Å². The molecule has 3 nitrogen and oxygen atoms in total. The summed E-state index contributed by atoms with van der Waals surface area (Å²) in [6.45, 7) is 6.50. The van der Waals surface area contributed by atoms with Gasteiger partial charge in [0.1, 0.15) is 0 Å². The van der Waals surface area contributed by atoms with E-state index in [0.717, 1.165) is 5.69 Å². The second-order valence-electron chi connectivity index (χ2n) is 5.82. The smallest absolute Gasteiger partial charge is 0.0644 e. The van der Waals surface area contributed by atoms with Crippen molar-refractivity contribution in [2.45, 2.75) is 44.2 Å². The summed E-state index contributed by atoms with van der Waals surface area (Å²) in [5.41, 5.74) is 5.17. The van der Waals surface area contributed by atoms with Gasteiger partial charge in [-0.1, -0.05) is 18.2 Å². The van der Waals surface area contributed by atoms with Crippen LogP contribution in [0, 0.1) is 13.8 Å². The Bertz CT molecular complexity index is 647. The van der Waals surface area contributed by atoms with E-state index in [0.29, 0.717) is 12.1 Å². The van der Waals surface area contributed by atoms with Crippen LogP contribution in [-0.2, 0) is 7.05 Å². The largest absolute Gasteiger partial charge is 0.303 e. The predicted molar refractivity (Wildman–Crippen MR) is 88.8 cm³/mol. The van der Waals surface area contributed by atoms with E-state index in [1.165, 1.54) is 33.9 Å². The first kappa shape index (κ1) is 14.7. The minimum atomic E-state index is 0.319. The molecule has 0 amide bonds. The molecule has 2 aromatic rings. The third-order valence-electron chi connectivity index (χ3n) is 4.41. The maximum absolute atomic E-state index is 4.54. The normalized spacial score (nSPS) is 19.3. The molecule has 0 spiro atoms. The summed E-state index contributed by atoms with van der Waals surface area (Å²) in [5, 5.41) is 8.36. The van der Waals surface area contributed by atoms with Crippen LogP contribution in [-0.4, -0.2) is 15.5 Å². The van der Waals surface area contributed by atoms with Crippen LogP contribution < -0.4 is 5.32 Å². The average Bonchev–Trinajstić information content (AvgIpc) is 2.72. The van der Waals surface area contributed by atoms with Gasteiger partial charge in [0.05, 0.1) is 5.69 Å². The first-order chi connectivity index (χ1) is 10.1. The molecule has 3 rings (SSSR count). The first-order valence-corrected chi connectivity index (χ1v) is 8.54. The lowest BCUT2D eigenvalue weighted by Gasteiger charge is -2.29. The summed E-state index contributed by atoms with van der Waals surface area (Å²) in [7, 11) is 2.02. The first-order valence-electron chi connectivity index (χ1n) is 7.55. The molecule has 0 fully saturated rings. The van der Waals surface area contributed by atoms with Crippen LogP contribution in [0.1, 0.15) is 47.9 Å². The molecule has 1 aliphatic heterocycles. The van der Waals surface area contributed by atoms with Gasteiger partial charge in [-0.3, -0.25) is 4.68 Å². The second-order valence-corrected chi connectivity index (χ2v) is 6.96. The molecule has 1 aromatic carbocycles. The minimum Gasteiger partial charge on any atom is -0.303 e. The maximum Gasteiger partial charge on any atom is 0.0644 e. The van der Waals surface area contributed by atoms with Crippen molar-refractivity contribution in [1.29, 1.82) is 0 Å². The standard InChI is InChI=1S/C17H23N3S/c1-11(17-12(2)19-20(4)13(17)3)18-15-9-10-21-16-8-6-5-7-14(15)16/h5-8,11,15,18H,9-10H2,1-4H3. The van der Waals surface area contributed by atoms with Crippen molar-refractivity contribution in [3.05, 3.63) is 46.8 Å². The lowest BCUT2D eigenvalue weighted by molar-refractivity contribution is 0.448. The minimum absolute atomic E-state index is 0.319. The zero-order valence-corrected chi connectivity index (χ0v) is 14.0. The molecule has 2 atom stereocenters. The van der Waals surface area contributed by atoms with Gasteiger partial charge in [-0.15, -0.1) is 11.8 Å². The number of nitrogens with one attached hydrogen (secondary N) is 1. The van der Waals surface area contributed by atoms with E-state index in [1.54, 1.807) is 0 Å². The third kappa shape index (κ3) is 2.74. The third-order valence-corrected chi connectivity index (χ3v) is 5.53. The highest BCUT2D eigenvalue weighted by atomic mass is 32.2. The van der Waals surface area contributed by atoms with E-state index >= 15 is 0 Å². The lowest BCUT2D eigenvalue weighted by Crippen LogP contribution is -2.28. The number of aryl methyl sites for hydroxylation is 2. The van der Waals surface area contributed by atoms with Crippen molar-refractivity contribution in [2.75, 3.05) is 5.75 Å². The average molecular weight is 301 g/mol. The number of hydrogen-bond acceptors (Lipinski definition) is 3. The summed E-state index contributed by atoms with van der Waals surface area (Å²) in [6.07, 6.45) is 1.18. The molecule has 21 heavy (non-hydrogen) atoms. The topological polar surface area (TPSA) is 29.9 Å². The molecule has 2 unspecified atom stereocenters. The molecule has 4 heteroatoms. The fourth-order valence-electron chi connectivity index (χ4n) is 3.32. The molecule has 1 N–H and O–H groups in total. The van der Waals surface area contributed by atoms with Crippen molar-refractivity contribution in [3.63, 3.8) is 0 Å². The monoisotopic (exact) mass is 301 g/mol. The molecule has 0 saturated heterocycles. The van der Waals surface area contributed by atoms with Crippen LogP contribution >= 0.6 is 11.8 Å². The molecule has 0 radical (unpaired) electrons. The van der Waals surface area contributed by atoms with E-state index < -0.39 is 0 Å². The quantitative estimate of drug-likeness (QED) is 0.931. The van der Waals surface area contributed by atoms with Gasteiger partial charge in [-0.2, -0.15) is 5.10 Å². The summed E-state index contributed by atoms with van der Waals surface area (Å²) in [5.74, 6) is 1.19. The van der Waals surface area contributed by atoms with Gasteiger partial charge >= 0.3 is 0 Å². The van der Waals surface area contributed by atoms with Gasteiger partial charge in [-0.25, -0.2) is 0 Å². The van der Waals surface area contributed by atoms with Crippen LogP contribution in [0.15, 0.2) is 29.2 Å². The zero-order chi connectivity index (χ0) is 15.0. The van der Waals surface area contributed by atoms with E-state index in [4.69, 9.17) is 0 Å². The predicted octanol–water partition coefficient (Wildman–Crippen LogP) is 3.92. The Labute approximate surface area is 131 Å². The number of rotatable bonds is 3. The van der Waals surface area contributed by atoms with Gasteiger partial charge in [-0.05, 0) is 44.6 Å². The molecular weight excluding hydrogens is 278 g/mol. The van der Waals surface area contributed by atoms with Crippen LogP contribution in [0.2, 0.25) is 0 Å². The highest BCUT2D eigenvalue weighted by molar-refractivity contribution is 7.99. The van der Waals surface area contributed by atoms with Crippen LogP contribution in [0.25, 0.3) is 0 Å². The van der Waals surface area contributed by atoms with Gasteiger partial charge in [0.25, 0.3) is 0 Å². The summed E-state index contributed by atoms with van der Waals surface area (Å²) >= 11 is 1.97. The number of aromatic nitrogens is 2. The van der Waals surface area contributed by atoms with Crippen molar-refractivity contribution < 1.29 is 0 Å². The Balaban J connectivity index is 1.84. The van der Waals surface area contributed by atoms with Crippen molar-refractivity contribution in [3.8, 4) is 0 Å². The van der Waals surface area contributed by atoms with Crippen LogP contribution in [0.4, 0.5) is 0 Å². The number of fused-ring (bicyclic) bond motifs is 1. The Morgan fingerprint density at radius 1 is 1.33 bits per heavy atom. The molecule has 2 heterocycles. The van der Waals surface area contributed by atoms with Gasteiger partial charge in [0.2, 0.25) is 0 Å². The molecule has 0 bridgehead atoms. The lowest BCUT2D eigenvalue weighted by atomic mass is 10.00. The SMILES string of the molecule is Cc1nn(C)c(C)c1C(C)NC1CCSc2ccccc21. The summed E-state index contributed by atoms with van der Waals surface area (Å²) < 4.78 is 1.98. The summed E-state index contributed by atoms with van der Waals surface area (Å²) in [6, 6.07) is 9.53. The highest BCUT2D eigenvalue weighted by Crippen LogP contribution is 2.37. The van der Waals surface area contributed by atoms with Crippen LogP contribution in [0.5, 0.6) is 0 Å². The zero-order valence-electron chi connectivity index (χ0n) is 13.2. The molecule has 0 aliphatic carbocycles. The number of hydrogen-bond donors (Lipinski definition) is 1. The molecule has 0 saturated carbocycles. The molecule has 1 aliphatic rings. The highest BCUT2D eigenvalue weighted by Gasteiger charge is 2.24. The maximum atomic E-state index is 4.54. The number of benzene rings is 1. The molecule has 1 aromatic heterocycles. The van der Waals surface area contributed by atoms with Crippen molar-refractivity contribution in [1.82, 2.24) is 15.1 Å². The number of thioether (sulfide) groups is 1.